The van der Waals surface area contributed by atoms with Gasteiger partial charge >= 0.3 is 0 Å². The number of anilines is 1. The smallest absolute Gasteiger partial charge is 0.224 e. The zero-order chi connectivity index (χ0) is 15.9. The van der Waals surface area contributed by atoms with E-state index in [4.69, 9.17) is 5.73 Å². The van der Waals surface area contributed by atoms with E-state index in [-0.39, 0.29) is 24.4 Å². The number of carbonyl (C=O) groups excluding carboxylic acids is 1. The van der Waals surface area contributed by atoms with E-state index in [0.717, 1.165) is 24.1 Å². The summed E-state index contributed by atoms with van der Waals surface area (Å²) in [5.41, 5.74) is 7.39. The zero-order valence-corrected chi connectivity index (χ0v) is 15.3. The number of nitrogens with two attached hydrogens (primary N) is 1. The van der Waals surface area contributed by atoms with Gasteiger partial charge in [0.15, 0.2) is 0 Å². The minimum Gasteiger partial charge on any atom is -0.399 e. The minimum absolute atomic E-state index is 0. The average Bonchev–Trinajstić information content (AvgIpc) is 3.04. The van der Waals surface area contributed by atoms with Crippen LogP contribution < -0.4 is 11.1 Å². The molecule has 23 heavy (non-hydrogen) atoms. The van der Waals surface area contributed by atoms with Gasteiger partial charge in [-0.2, -0.15) is 0 Å². The fourth-order valence-electron chi connectivity index (χ4n) is 2.69. The van der Waals surface area contributed by atoms with Gasteiger partial charge in [-0.25, -0.2) is 0 Å². The third kappa shape index (κ3) is 5.56. The van der Waals surface area contributed by atoms with Gasteiger partial charge in [0.1, 0.15) is 0 Å². The molecule has 0 spiro atoms. The summed E-state index contributed by atoms with van der Waals surface area (Å²) in [7, 11) is 0. The summed E-state index contributed by atoms with van der Waals surface area (Å²) in [4.78, 5) is 13.6. The predicted octanol–water partition coefficient (Wildman–Crippen LogP) is 4.59. The number of rotatable bonds is 7. The Kier molecular flexibility index (Phi) is 8.13. The van der Waals surface area contributed by atoms with Gasteiger partial charge in [0.2, 0.25) is 5.91 Å². The SMILES string of the molecule is CCC(CC)C(NC(=O)Cc1ccc(N)cc1)c1cccs1.Cl. The van der Waals surface area contributed by atoms with Crippen LogP contribution in [0.1, 0.15) is 43.2 Å². The van der Waals surface area contributed by atoms with E-state index >= 15 is 0 Å². The van der Waals surface area contributed by atoms with Crippen molar-refractivity contribution in [1.82, 2.24) is 5.32 Å². The molecular formula is C18H25ClN2OS. The number of hydrogen-bond donors (Lipinski definition) is 2. The number of carbonyl (C=O) groups is 1. The van der Waals surface area contributed by atoms with E-state index < -0.39 is 0 Å². The van der Waals surface area contributed by atoms with E-state index in [1.807, 2.05) is 30.3 Å². The van der Waals surface area contributed by atoms with Gasteiger partial charge in [-0.1, -0.05) is 44.9 Å². The second kappa shape index (κ2) is 9.58. The van der Waals surface area contributed by atoms with Crippen molar-refractivity contribution in [2.75, 3.05) is 5.73 Å². The van der Waals surface area contributed by atoms with Crippen LogP contribution in [0, 0.1) is 5.92 Å². The third-order valence-corrected chi connectivity index (χ3v) is 4.99. The molecule has 0 aliphatic heterocycles. The molecule has 0 saturated heterocycles. The molecule has 1 atom stereocenters. The lowest BCUT2D eigenvalue weighted by Crippen LogP contribution is -2.33. The Morgan fingerprint density at radius 1 is 1.17 bits per heavy atom. The zero-order valence-electron chi connectivity index (χ0n) is 13.6. The van der Waals surface area contributed by atoms with Gasteiger partial charge in [-0.15, -0.1) is 23.7 Å². The fourth-order valence-corrected chi connectivity index (χ4v) is 3.56. The van der Waals surface area contributed by atoms with Gasteiger partial charge < -0.3 is 11.1 Å². The fraction of sp³-hybridized carbons (Fsp3) is 0.389. The number of nitrogens with one attached hydrogen (secondary N) is 1. The van der Waals surface area contributed by atoms with Crippen molar-refractivity contribution in [3.8, 4) is 0 Å². The van der Waals surface area contributed by atoms with Crippen LogP contribution in [0.2, 0.25) is 0 Å². The van der Waals surface area contributed by atoms with Crippen molar-refractivity contribution in [3.05, 3.63) is 52.2 Å². The van der Waals surface area contributed by atoms with Crippen molar-refractivity contribution in [2.45, 2.75) is 39.2 Å². The molecular weight excluding hydrogens is 328 g/mol. The Morgan fingerprint density at radius 2 is 1.83 bits per heavy atom. The lowest BCUT2D eigenvalue weighted by molar-refractivity contribution is -0.121. The van der Waals surface area contributed by atoms with Gasteiger partial charge in [0.25, 0.3) is 0 Å². The van der Waals surface area contributed by atoms with E-state index in [9.17, 15) is 4.79 Å². The summed E-state index contributed by atoms with van der Waals surface area (Å²) in [6.45, 7) is 4.36. The van der Waals surface area contributed by atoms with Crippen molar-refractivity contribution in [2.24, 2.45) is 5.92 Å². The summed E-state index contributed by atoms with van der Waals surface area (Å²) in [6.07, 6.45) is 2.50. The number of thiophene rings is 1. The quantitative estimate of drug-likeness (QED) is 0.716. The molecule has 1 aromatic carbocycles. The Balaban J connectivity index is 0.00000264. The molecule has 3 nitrogen and oxygen atoms in total. The molecule has 0 aliphatic carbocycles. The maximum Gasteiger partial charge on any atom is 0.224 e. The van der Waals surface area contributed by atoms with Crippen LogP contribution >= 0.6 is 23.7 Å². The van der Waals surface area contributed by atoms with Crippen molar-refractivity contribution < 1.29 is 4.79 Å². The van der Waals surface area contributed by atoms with Crippen molar-refractivity contribution >= 4 is 35.3 Å². The molecule has 0 saturated carbocycles. The summed E-state index contributed by atoms with van der Waals surface area (Å²) < 4.78 is 0. The van der Waals surface area contributed by atoms with E-state index in [0.29, 0.717) is 12.3 Å². The van der Waals surface area contributed by atoms with Crippen molar-refractivity contribution in [3.63, 3.8) is 0 Å². The standard InChI is InChI=1S/C18H24N2OS.ClH/c1-3-14(4-2)18(16-6-5-11-22-16)20-17(21)12-13-7-9-15(19)10-8-13;/h5-11,14,18H,3-4,12,19H2,1-2H3,(H,20,21);1H. The Labute approximate surface area is 148 Å². The molecule has 3 N–H and O–H groups in total. The largest absolute Gasteiger partial charge is 0.399 e. The van der Waals surface area contributed by atoms with E-state index in [2.05, 4.69) is 30.6 Å². The van der Waals surface area contributed by atoms with E-state index in [1.165, 1.54) is 4.88 Å². The summed E-state index contributed by atoms with van der Waals surface area (Å²) in [5.74, 6) is 0.532. The van der Waals surface area contributed by atoms with Gasteiger partial charge in [0.05, 0.1) is 12.5 Å². The first kappa shape index (κ1) is 19.5. The molecule has 1 unspecified atom stereocenters. The highest BCUT2D eigenvalue weighted by atomic mass is 35.5. The number of benzene rings is 1. The monoisotopic (exact) mass is 352 g/mol. The number of halogens is 1. The molecule has 2 aromatic rings. The highest BCUT2D eigenvalue weighted by molar-refractivity contribution is 7.10. The molecule has 0 fully saturated rings. The first-order valence-corrected chi connectivity index (χ1v) is 8.69. The second-order valence-corrected chi connectivity index (χ2v) is 6.53. The normalized spacial score (nSPS) is 11.8. The topological polar surface area (TPSA) is 55.1 Å². The predicted molar refractivity (Wildman–Crippen MR) is 101 cm³/mol. The lowest BCUT2D eigenvalue weighted by Gasteiger charge is -2.25. The molecule has 126 valence electrons. The highest BCUT2D eigenvalue weighted by Gasteiger charge is 2.23. The molecule has 1 aromatic heterocycles. The van der Waals surface area contributed by atoms with Crippen LogP contribution in [-0.4, -0.2) is 5.91 Å². The number of hydrogen-bond acceptors (Lipinski definition) is 3. The molecule has 1 amide bonds. The van der Waals surface area contributed by atoms with Crippen LogP contribution in [0.15, 0.2) is 41.8 Å². The molecule has 1 heterocycles. The van der Waals surface area contributed by atoms with Gasteiger partial charge in [0, 0.05) is 10.6 Å². The lowest BCUT2D eigenvalue weighted by atomic mass is 9.92. The van der Waals surface area contributed by atoms with Crippen LogP contribution in [0.25, 0.3) is 0 Å². The molecule has 0 radical (unpaired) electrons. The molecule has 0 aliphatic rings. The molecule has 5 heteroatoms. The van der Waals surface area contributed by atoms with Crippen LogP contribution in [0.5, 0.6) is 0 Å². The molecule has 2 rings (SSSR count). The first-order chi connectivity index (χ1) is 10.6. The van der Waals surface area contributed by atoms with E-state index in [1.54, 1.807) is 11.3 Å². The molecule has 0 bridgehead atoms. The maximum absolute atomic E-state index is 12.4. The number of nitrogen functional groups attached to an aromatic ring is 1. The summed E-state index contributed by atoms with van der Waals surface area (Å²) >= 11 is 1.71. The van der Waals surface area contributed by atoms with Crippen LogP contribution in [0.3, 0.4) is 0 Å². The summed E-state index contributed by atoms with van der Waals surface area (Å²) in [5, 5.41) is 5.29. The third-order valence-electron chi connectivity index (χ3n) is 4.03. The van der Waals surface area contributed by atoms with Gasteiger partial charge in [-0.3, -0.25) is 4.79 Å². The Bertz CT molecular complexity index is 580. The minimum atomic E-state index is 0. The number of amides is 1. The first-order valence-electron chi connectivity index (χ1n) is 7.81. The van der Waals surface area contributed by atoms with Crippen molar-refractivity contribution in [1.29, 1.82) is 0 Å². The second-order valence-electron chi connectivity index (χ2n) is 5.56. The van der Waals surface area contributed by atoms with Crippen LogP contribution in [-0.2, 0) is 11.2 Å². The van der Waals surface area contributed by atoms with Crippen LogP contribution in [0.4, 0.5) is 5.69 Å². The summed E-state index contributed by atoms with van der Waals surface area (Å²) in [6, 6.07) is 11.7. The Morgan fingerprint density at radius 3 is 2.35 bits per heavy atom. The average molecular weight is 353 g/mol. The Hall–Kier alpha value is -1.52. The van der Waals surface area contributed by atoms with Gasteiger partial charge in [-0.05, 0) is 35.1 Å². The maximum atomic E-state index is 12.4. The highest BCUT2D eigenvalue weighted by Crippen LogP contribution is 2.30.